The van der Waals surface area contributed by atoms with Crippen molar-refractivity contribution in [3.8, 4) is 11.5 Å². The maximum absolute atomic E-state index is 11.1. The van der Waals surface area contributed by atoms with E-state index in [9.17, 15) is 13.5 Å². The molecule has 0 saturated carbocycles. The molecule has 0 aromatic heterocycles. The van der Waals surface area contributed by atoms with Crippen molar-refractivity contribution in [1.29, 1.82) is 0 Å². The normalized spacial score (nSPS) is 11.4. The number of hydrogen-bond acceptors (Lipinski definition) is 4. The largest absolute Gasteiger partial charge is 0.506 e. The number of phenols is 1. The Bertz CT molecular complexity index is 467. The standard InChI is InChI=1S/C9H11ClO4S/c1-3-6-4-9(15(10,12)13)7(11)5-8(6)14-2/h4-5,11H,3H2,1-2H3. The second-order valence-electron chi connectivity index (χ2n) is 2.92. The third-order valence-corrected chi connectivity index (χ3v) is 3.36. The van der Waals surface area contributed by atoms with Gasteiger partial charge in [0.25, 0.3) is 9.05 Å². The Morgan fingerprint density at radius 1 is 1.47 bits per heavy atom. The molecule has 1 N–H and O–H groups in total. The molecule has 0 amide bonds. The van der Waals surface area contributed by atoms with Crippen molar-refractivity contribution < 1.29 is 18.3 Å². The number of methoxy groups -OCH3 is 1. The summed E-state index contributed by atoms with van der Waals surface area (Å²) in [5, 5.41) is 9.43. The number of ether oxygens (including phenoxy) is 1. The lowest BCUT2D eigenvalue weighted by Crippen LogP contribution is -1.96. The van der Waals surface area contributed by atoms with Crippen LogP contribution < -0.4 is 4.74 Å². The highest BCUT2D eigenvalue weighted by atomic mass is 35.7. The monoisotopic (exact) mass is 250 g/mol. The van der Waals surface area contributed by atoms with E-state index >= 15 is 0 Å². The zero-order valence-electron chi connectivity index (χ0n) is 8.32. The fourth-order valence-corrected chi connectivity index (χ4v) is 2.22. The van der Waals surface area contributed by atoms with Crippen molar-refractivity contribution in [3.63, 3.8) is 0 Å². The highest BCUT2D eigenvalue weighted by Gasteiger charge is 2.18. The second-order valence-corrected chi connectivity index (χ2v) is 5.46. The van der Waals surface area contributed by atoms with Gasteiger partial charge < -0.3 is 9.84 Å². The third kappa shape index (κ3) is 2.54. The van der Waals surface area contributed by atoms with Gasteiger partial charge in [0, 0.05) is 16.7 Å². The predicted octanol–water partition coefficient (Wildman–Crippen LogP) is 1.89. The highest BCUT2D eigenvalue weighted by molar-refractivity contribution is 8.13. The van der Waals surface area contributed by atoms with Gasteiger partial charge in [-0.15, -0.1) is 0 Å². The first-order valence-electron chi connectivity index (χ1n) is 4.24. The van der Waals surface area contributed by atoms with Gasteiger partial charge in [-0.25, -0.2) is 8.42 Å². The van der Waals surface area contributed by atoms with Crippen molar-refractivity contribution in [2.24, 2.45) is 0 Å². The molecule has 4 nitrogen and oxygen atoms in total. The molecule has 1 aromatic carbocycles. The van der Waals surface area contributed by atoms with E-state index in [0.29, 0.717) is 17.7 Å². The van der Waals surface area contributed by atoms with Gasteiger partial charge in [-0.3, -0.25) is 0 Å². The van der Waals surface area contributed by atoms with E-state index in [1.165, 1.54) is 19.2 Å². The number of halogens is 1. The van der Waals surface area contributed by atoms with Crippen LogP contribution >= 0.6 is 10.7 Å². The molecule has 84 valence electrons. The van der Waals surface area contributed by atoms with Crippen LogP contribution in [-0.2, 0) is 15.5 Å². The molecular formula is C9H11ClO4S. The topological polar surface area (TPSA) is 63.6 Å². The molecule has 0 aliphatic rings. The van der Waals surface area contributed by atoms with E-state index in [4.69, 9.17) is 15.4 Å². The average molecular weight is 251 g/mol. The Hall–Kier alpha value is -0.940. The smallest absolute Gasteiger partial charge is 0.264 e. The number of hydrogen-bond donors (Lipinski definition) is 1. The fraction of sp³-hybridized carbons (Fsp3) is 0.333. The van der Waals surface area contributed by atoms with Crippen LogP contribution in [0.3, 0.4) is 0 Å². The average Bonchev–Trinajstić information content (AvgIpc) is 2.15. The van der Waals surface area contributed by atoms with Crippen LogP contribution in [0.15, 0.2) is 17.0 Å². The Labute approximate surface area is 92.9 Å². The Balaban J connectivity index is 3.46. The summed E-state index contributed by atoms with van der Waals surface area (Å²) in [7, 11) is 2.68. The van der Waals surface area contributed by atoms with Gasteiger partial charge in [-0.2, -0.15) is 0 Å². The minimum absolute atomic E-state index is 0.290. The van der Waals surface area contributed by atoms with E-state index in [0.717, 1.165) is 0 Å². The maximum Gasteiger partial charge on any atom is 0.264 e. The van der Waals surface area contributed by atoms with Crippen LogP contribution in [0.1, 0.15) is 12.5 Å². The van der Waals surface area contributed by atoms with E-state index in [-0.39, 0.29) is 4.90 Å². The molecule has 0 aliphatic carbocycles. The summed E-state index contributed by atoms with van der Waals surface area (Å²) in [5.74, 6) is 0.0399. The molecule has 0 fully saturated rings. The van der Waals surface area contributed by atoms with Gasteiger partial charge in [0.15, 0.2) is 0 Å². The van der Waals surface area contributed by atoms with E-state index < -0.39 is 14.8 Å². The van der Waals surface area contributed by atoms with Gasteiger partial charge >= 0.3 is 0 Å². The minimum Gasteiger partial charge on any atom is -0.506 e. The van der Waals surface area contributed by atoms with Gasteiger partial charge in [-0.05, 0) is 18.1 Å². The van der Waals surface area contributed by atoms with E-state index in [1.807, 2.05) is 6.92 Å². The Morgan fingerprint density at radius 2 is 2.07 bits per heavy atom. The molecule has 0 saturated heterocycles. The van der Waals surface area contributed by atoms with Crippen LogP contribution in [0.4, 0.5) is 0 Å². The molecule has 0 aliphatic heterocycles. The Kier molecular flexibility index (Phi) is 3.46. The lowest BCUT2D eigenvalue weighted by atomic mass is 10.1. The van der Waals surface area contributed by atoms with Crippen molar-refractivity contribution in [1.82, 2.24) is 0 Å². The molecule has 0 radical (unpaired) electrons. The lowest BCUT2D eigenvalue weighted by molar-refractivity contribution is 0.400. The number of phenolic OH excluding ortho intramolecular Hbond substituents is 1. The van der Waals surface area contributed by atoms with Gasteiger partial charge in [0.1, 0.15) is 16.4 Å². The summed E-state index contributed by atoms with van der Waals surface area (Å²) in [4.78, 5) is -0.290. The highest BCUT2D eigenvalue weighted by Crippen LogP contribution is 2.33. The second kappa shape index (κ2) is 4.28. The molecule has 0 bridgehead atoms. The van der Waals surface area contributed by atoms with E-state index in [2.05, 4.69) is 0 Å². The fourth-order valence-electron chi connectivity index (χ4n) is 1.25. The first-order valence-corrected chi connectivity index (χ1v) is 6.55. The zero-order valence-corrected chi connectivity index (χ0v) is 9.89. The first kappa shape index (κ1) is 12.1. The summed E-state index contributed by atoms with van der Waals surface area (Å²) in [6, 6.07) is 2.56. The van der Waals surface area contributed by atoms with Crippen LogP contribution in [0.2, 0.25) is 0 Å². The van der Waals surface area contributed by atoms with Crippen molar-refractivity contribution in [2.75, 3.05) is 7.11 Å². The van der Waals surface area contributed by atoms with Crippen LogP contribution in [-0.4, -0.2) is 20.6 Å². The summed E-state index contributed by atoms with van der Waals surface area (Å²) >= 11 is 0. The quantitative estimate of drug-likeness (QED) is 0.832. The van der Waals surface area contributed by atoms with Gasteiger partial charge in [0.2, 0.25) is 0 Å². The summed E-state index contributed by atoms with van der Waals surface area (Å²) in [6.07, 6.45) is 0.586. The summed E-state index contributed by atoms with van der Waals surface area (Å²) in [5.41, 5.74) is 0.675. The maximum atomic E-state index is 11.1. The van der Waals surface area contributed by atoms with Crippen molar-refractivity contribution in [3.05, 3.63) is 17.7 Å². The van der Waals surface area contributed by atoms with Crippen molar-refractivity contribution >= 4 is 19.7 Å². The lowest BCUT2D eigenvalue weighted by Gasteiger charge is -2.09. The number of rotatable bonds is 3. The third-order valence-electron chi connectivity index (χ3n) is 2.01. The number of aromatic hydroxyl groups is 1. The van der Waals surface area contributed by atoms with Gasteiger partial charge in [0.05, 0.1) is 7.11 Å². The SMILES string of the molecule is CCc1cc(S(=O)(=O)Cl)c(O)cc1OC. The first-order chi connectivity index (χ1) is 6.90. The summed E-state index contributed by atoms with van der Waals surface area (Å²) in [6.45, 7) is 1.85. The van der Waals surface area contributed by atoms with Crippen LogP contribution in [0.25, 0.3) is 0 Å². The molecule has 0 atom stereocenters. The molecule has 1 rings (SSSR count). The van der Waals surface area contributed by atoms with Crippen LogP contribution in [0, 0.1) is 0 Å². The van der Waals surface area contributed by atoms with Gasteiger partial charge in [-0.1, -0.05) is 6.92 Å². The number of aryl methyl sites for hydroxylation is 1. The molecule has 1 aromatic rings. The predicted molar refractivity (Wildman–Crippen MR) is 57.1 cm³/mol. The van der Waals surface area contributed by atoms with Crippen LogP contribution in [0.5, 0.6) is 11.5 Å². The molecule has 15 heavy (non-hydrogen) atoms. The Morgan fingerprint density at radius 3 is 2.47 bits per heavy atom. The molecular weight excluding hydrogens is 240 g/mol. The molecule has 0 spiro atoms. The molecule has 0 heterocycles. The minimum atomic E-state index is -3.92. The molecule has 6 heteroatoms. The van der Waals surface area contributed by atoms with E-state index in [1.54, 1.807) is 0 Å². The zero-order chi connectivity index (χ0) is 11.6. The molecule has 0 unspecified atom stereocenters. The summed E-state index contributed by atoms with van der Waals surface area (Å²) < 4.78 is 27.2. The number of benzene rings is 1. The van der Waals surface area contributed by atoms with Crippen molar-refractivity contribution in [2.45, 2.75) is 18.2 Å².